The maximum Gasteiger partial charge on any atom is 0.243 e. The number of thiophene rings is 1. The van der Waals surface area contributed by atoms with Crippen LogP contribution in [0.5, 0.6) is 0 Å². The van der Waals surface area contributed by atoms with Crippen molar-refractivity contribution in [2.24, 2.45) is 0 Å². The predicted octanol–water partition coefficient (Wildman–Crippen LogP) is 1.88. The third kappa shape index (κ3) is 2.69. The average molecular weight is 281 g/mol. The maximum absolute atomic E-state index is 12.1. The van der Waals surface area contributed by atoms with Crippen LogP contribution in [0.1, 0.15) is 16.0 Å². The first-order chi connectivity index (χ1) is 8.63. The van der Waals surface area contributed by atoms with Crippen LogP contribution < -0.4 is 10.6 Å². The number of thioether (sulfide) groups is 1. The van der Waals surface area contributed by atoms with E-state index in [1.54, 1.807) is 11.8 Å². The number of nitrogens with one attached hydrogen (secondary N) is 2. The van der Waals surface area contributed by atoms with Gasteiger partial charge in [0.1, 0.15) is 11.1 Å². The molecule has 6 heteroatoms. The van der Waals surface area contributed by atoms with Gasteiger partial charge in [-0.15, -0.1) is 11.3 Å². The van der Waals surface area contributed by atoms with Gasteiger partial charge in [-0.05, 0) is 19.4 Å². The highest BCUT2D eigenvalue weighted by molar-refractivity contribution is 7.99. The predicted molar refractivity (Wildman–Crippen MR) is 76.3 cm³/mol. The summed E-state index contributed by atoms with van der Waals surface area (Å²) in [5.41, 5.74) is 1.55. The number of aryl methyl sites for hydroxylation is 1. The van der Waals surface area contributed by atoms with Gasteiger partial charge < -0.3 is 10.6 Å². The maximum atomic E-state index is 12.1. The first-order valence-corrected chi connectivity index (χ1v) is 7.72. The largest absolute Gasteiger partial charge is 0.315 e. The van der Waals surface area contributed by atoms with Gasteiger partial charge in [-0.1, -0.05) is 0 Å². The Morgan fingerprint density at radius 2 is 2.33 bits per heavy atom. The van der Waals surface area contributed by atoms with Gasteiger partial charge in [0.15, 0.2) is 0 Å². The van der Waals surface area contributed by atoms with Crippen molar-refractivity contribution in [2.45, 2.75) is 19.9 Å². The second-order valence-electron chi connectivity index (χ2n) is 4.17. The van der Waals surface area contributed by atoms with Crippen LogP contribution in [0.25, 0.3) is 0 Å². The first-order valence-electron chi connectivity index (χ1n) is 5.75. The minimum atomic E-state index is -0.155. The van der Waals surface area contributed by atoms with Crippen molar-refractivity contribution in [2.75, 3.05) is 23.4 Å². The highest BCUT2D eigenvalue weighted by Crippen LogP contribution is 2.31. The topological polar surface area (TPSA) is 64.9 Å². The van der Waals surface area contributed by atoms with Crippen molar-refractivity contribution in [1.82, 2.24) is 5.32 Å². The van der Waals surface area contributed by atoms with Crippen molar-refractivity contribution >= 4 is 34.0 Å². The molecule has 1 atom stereocenters. The normalized spacial score (nSPS) is 19.3. The minimum Gasteiger partial charge on any atom is -0.315 e. The highest BCUT2D eigenvalue weighted by Gasteiger charge is 2.23. The molecule has 96 valence electrons. The van der Waals surface area contributed by atoms with Gasteiger partial charge in [0.05, 0.1) is 11.6 Å². The SMILES string of the molecule is Cc1sc(NC(=O)C2CSCCN2)c(C#N)c1C. The Kier molecular flexibility index (Phi) is 4.27. The lowest BCUT2D eigenvalue weighted by atomic mass is 10.2. The van der Waals surface area contributed by atoms with Gasteiger partial charge in [0.25, 0.3) is 0 Å². The zero-order chi connectivity index (χ0) is 13.1. The fourth-order valence-corrected chi connectivity index (χ4v) is 3.73. The molecular formula is C12H15N3OS2. The second-order valence-corrected chi connectivity index (χ2v) is 6.54. The molecule has 0 radical (unpaired) electrons. The molecule has 0 spiro atoms. The number of anilines is 1. The molecule has 4 nitrogen and oxygen atoms in total. The monoisotopic (exact) mass is 281 g/mol. The smallest absolute Gasteiger partial charge is 0.243 e. The summed E-state index contributed by atoms with van der Waals surface area (Å²) in [5, 5.41) is 15.9. The van der Waals surface area contributed by atoms with Crippen LogP contribution in [0, 0.1) is 25.2 Å². The van der Waals surface area contributed by atoms with E-state index in [1.807, 2.05) is 13.8 Å². The van der Waals surface area contributed by atoms with E-state index in [2.05, 4.69) is 16.7 Å². The van der Waals surface area contributed by atoms with Crippen molar-refractivity contribution in [3.05, 3.63) is 16.0 Å². The molecule has 1 aliphatic rings. The summed E-state index contributed by atoms with van der Waals surface area (Å²) in [6.07, 6.45) is 0. The summed E-state index contributed by atoms with van der Waals surface area (Å²) in [6, 6.07) is 2.01. The Balaban J connectivity index is 2.11. The van der Waals surface area contributed by atoms with Crippen LogP contribution in [-0.4, -0.2) is 30.0 Å². The number of carbonyl (C=O) groups excluding carboxylic acids is 1. The molecule has 2 heterocycles. The van der Waals surface area contributed by atoms with Crippen LogP contribution >= 0.6 is 23.1 Å². The number of hydrogen-bond donors (Lipinski definition) is 2. The molecule has 18 heavy (non-hydrogen) atoms. The summed E-state index contributed by atoms with van der Waals surface area (Å²) in [5.74, 6) is 1.79. The Morgan fingerprint density at radius 1 is 1.56 bits per heavy atom. The lowest BCUT2D eigenvalue weighted by molar-refractivity contribution is -0.117. The number of nitrogens with zero attached hydrogens (tertiary/aromatic N) is 1. The number of amides is 1. The van der Waals surface area contributed by atoms with Crippen molar-refractivity contribution in [3.63, 3.8) is 0 Å². The lowest BCUT2D eigenvalue weighted by Gasteiger charge is -2.21. The second kappa shape index (κ2) is 5.74. The quantitative estimate of drug-likeness (QED) is 0.868. The third-order valence-corrected chi connectivity index (χ3v) is 5.16. The van der Waals surface area contributed by atoms with Gasteiger partial charge in [0, 0.05) is 22.9 Å². The molecule has 0 aromatic carbocycles. The van der Waals surface area contributed by atoms with Gasteiger partial charge in [-0.2, -0.15) is 17.0 Å². The van der Waals surface area contributed by atoms with Gasteiger partial charge in [0.2, 0.25) is 5.91 Å². The van der Waals surface area contributed by atoms with E-state index in [9.17, 15) is 4.79 Å². The van der Waals surface area contributed by atoms with Crippen molar-refractivity contribution < 1.29 is 4.79 Å². The molecule has 2 N–H and O–H groups in total. The van der Waals surface area contributed by atoms with E-state index in [4.69, 9.17) is 5.26 Å². The molecule has 1 saturated heterocycles. The number of hydrogen-bond acceptors (Lipinski definition) is 5. The Labute approximate surface area is 115 Å². The van der Waals surface area contributed by atoms with Gasteiger partial charge in [-0.25, -0.2) is 0 Å². The molecule has 1 unspecified atom stereocenters. The molecule has 1 aromatic heterocycles. The van der Waals surface area contributed by atoms with Crippen LogP contribution in [0.2, 0.25) is 0 Å². The van der Waals surface area contributed by atoms with Crippen molar-refractivity contribution in [3.8, 4) is 6.07 Å². The van der Waals surface area contributed by atoms with E-state index in [1.165, 1.54) is 11.3 Å². The molecule has 1 aromatic rings. The van der Waals surface area contributed by atoms with Crippen molar-refractivity contribution in [1.29, 1.82) is 5.26 Å². The summed E-state index contributed by atoms with van der Waals surface area (Å²) in [7, 11) is 0. The Morgan fingerprint density at radius 3 is 2.94 bits per heavy atom. The molecular weight excluding hydrogens is 266 g/mol. The summed E-state index contributed by atoms with van der Waals surface area (Å²) in [6.45, 7) is 4.73. The Bertz CT molecular complexity index is 498. The molecule has 1 fully saturated rings. The first kappa shape index (κ1) is 13.4. The van der Waals surface area contributed by atoms with Gasteiger partial charge in [-0.3, -0.25) is 4.79 Å². The zero-order valence-corrected chi connectivity index (χ0v) is 12.0. The third-order valence-electron chi connectivity index (χ3n) is 2.97. The van der Waals surface area contributed by atoms with E-state index in [-0.39, 0.29) is 11.9 Å². The van der Waals surface area contributed by atoms with Crippen LogP contribution in [0.3, 0.4) is 0 Å². The average Bonchev–Trinajstić information content (AvgIpc) is 2.65. The highest BCUT2D eigenvalue weighted by atomic mass is 32.2. The molecule has 0 bridgehead atoms. The number of nitriles is 1. The number of rotatable bonds is 2. The van der Waals surface area contributed by atoms with E-state index >= 15 is 0 Å². The lowest BCUT2D eigenvalue weighted by Crippen LogP contribution is -2.46. The van der Waals surface area contributed by atoms with Crippen LogP contribution in [0.4, 0.5) is 5.00 Å². The van der Waals surface area contributed by atoms with Crippen LogP contribution in [0.15, 0.2) is 0 Å². The molecule has 1 aliphatic heterocycles. The van der Waals surface area contributed by atoms with E-state index in [0.29, 0.717) is 10.6 Å². The summed E-state index contributed by atoms with van der Waals surface area (Å²) in [4.78, 5) is 13.1. The fourth-order valence-electron chi connectivity index (χ4n) is 1.78. The Hall–Kier alpha value is -1.03. The standard InChI is InChI=1S/C12H15N3OS2/c1-7-8(2)18-12(9(7)5-13)15-11(16)10-6-17-4-3-14-10/h10,14H,3-4,6H2,1-2H3,(H,15,16). The molecule has 2 rings (SSSR count). The van der Waals surface area contributed by atoms with Crippen LogP contribution in [-0.2, 0) is 4.79 Å². The zero-order valence-electron chi connectivity index (χ0n) is 10.4. The molecule has 0 aliphatic carbocycles. The molecule has 0 saturated carbocycles. The fraction of sp³-hybridized carbons (Fsp3) is 0.500. The van der Waals surface area contributed by atoms with Gasteiger partial charge >= 0.3 is 0 Å². The summed E-state index contributed by atoms with van der Waals surface area (Å²) >= 11 is 3.24. The van der Waals surface area contributed by atoms with E-state index < -0.39 is 0 Å². The van der Waals surface area contributed by atoms with E-state index in [0.717, 1.165) is 28.5 Å². The minimum absolute atomic E-state index is 0.0417. The molecule has 1 amide bonds. The summed E-state index contributed by atoms with van der Waals surface area (Å²) < 4.78 is 0. The number of carbonyl (C=O) groups is 1.